The molecule has 1 N–H and O–H groups in total. The minimum absolute atomic E-state index is 0.221. The molecule has 0 spiro atoms. The van der Waals surface area contributed by atoms with E-state index in [1.165, 1.54) is 23.1 Å². The van der Waals surface area contributed by atoms with Crippen molar-refractivity contribution in [1.82, 2.24) is 5.32 Å². The Hall–Kier alpha value is -2.91. The third kappa shape index (κ3) is 5.54. The molecular formula is C30H35NO2. The zero-order chi connectivity index (χ0) is 23.5. The van der Waals surface area contributed by atoms with Gasteiger partial charge in [-0.1, -0.05) is 78.9 Å². The lowest BCUT2D eigenvalue weighted by Crippen LogP contribution is -2.52. The summed E-state index contributed by atoms with van der Waals surface area (Å²) < 4.78 is 5.88. The van der Waals surface area contributed by atoms with Crippen molar-refractivity contribution in [3.8, 4) is 0 Å². The van der Waals surface area contributed by atoms with E-state index in [9.17, 15) is 4.79 Å². The van der Waals surface area contributed by atoms with Gasteiger partial charge in [0, 0.05) is 0 Å². The Bertz CT molecular complexity index is 1040. The monoisotopic (exact) mass is 441 g/mol. The molecule has 0 saturated heterocycles. The van der Waals surface area contributed by atoms with Gasteiger partial charge >= 0.3 is 5.97 Å². The first-order valence-electron chi connectivity index (χ1n) is 12.0. The van der Waals surface area contributed by atoms with Crippen LogP contribution in [0, 0.1) is 0 Å². The van der Waals surface area contributed by atoms with E-state index in [-0.39, 0.29) is 5.97 Å². The van der Waals surface area contributed by atoms with Gasteiger partial charge in [-0.3, -0.25) is 10.1 Å². The van der Waals surface area contributed by atoms with Crippen molar-refractivity contribution in [1.29, 1.82) is 0 Å². The number of aryl methyl sites for hydroxylation is 2. The molecule has 3 aromatic rings. The van der Waals surface area contributed by atoms with Crippen LogP contribution >= 0.6 is 0 Å². The topological polar surface area (TPSA) is 38.3 Å². The lowest BCUT2D eigenvalue weighted by atomic mass is 9.83. The fourth-order valence-electron chi connectivity index (χ4n) is 4.78. The molecule has 3 nitrogen and oxygen atoms in total. The Morgan fingerprint density at radius 2 is 1.42 bits per heavy atom. The zero-order valence-electron chi connectivity index (χ0n) is 20.2. The highest BCUT2D eigenvalue weighted by Gasteiger charge is 2.36. The van der Waals surface area contributed by atoms with Crippen LogP contribution in [0.2, 0.25) is 0 Å². The molecular weight excluding hydrogens is 406 g/mol. The van der Waals surface area contributed by atoms with Crippen LogP contribution < -0.4 is 5.32 Å². The summed E-state index contributed by atoms with van der Waals surface area (Å²) in [6.07, 6.45) is 4.08. The number of rotatable bonds is 7. The second kappa shape index (κ2) is 9.52. The molecule has 1 aliphatic rings. The minimum atomic E-state index is -0.555. The van der Waals surface area contributed by atoms with E-state index in [1.807, 2.05) is 57.2 Å². The molecule has 1 aliphatic carbocycles. The van der Waals surface area contributed by atoms with E-state index in [1.54, 1.807) is 0 Å². The second-order valence-corrected chi connectivity index (χ2v) is 10.2. The summed E-state index contributed by atoms with van der Waals surface area (Å²) in [6.45, 7) is 7.92. The number of esters is 1. The average molecular weight is 442 g/mol. The normalized spacial score (nSPS) is 14.5. The van der Waals surface area contributed by atoms with Crippen molar-refractivity contribution in [2.45, 2.75) is 70.6 Å². The van der Waals surface area contributed by atoms with Crippen molar-refractivity contribution in [2.24, 2.45) is 0 Å². The quantitative estimate of drug-likeness (QED) is 0.458. The minimum Gasteiger partial charge on any atom is -0.459 e. The molecule has 0 saturated carbocycles. The van der Waals surface area contributed by atoms with E-state index < -0.39 is 17.2 Å². The molecule has 0 fully saturated rings. The maximum absolute atomic E-state index is 13.5. The molecule has 3 heteroatoms. The first kappa shape index (κ1) is 23.3. The zero-order valence-corrected chi connectivity index (χ0v) is 20.2. The lowest BCUT2D eigenvalue weighted by Gasteiger charge is -2.36. The molecule has 172 valence electrons. The lowest BCUT2D eigenvalue weighted by molar-refractivity contribution is -0.158. The SMILES string of the molecule is CC(C)(C)OC(=O)[C@H](Cc1ccc2c(c1)CCC2)NC(C)(c1ccccc1)c1ccccc1. The van der Waals surface area contributed by atoms with Crippen molar-refractivity contribution >= 4 is 5.97 Å². The Kier molecular flexibility index (Phi) is 6.71. The van der Waals surface area contributed by atoms with Gasteiger partial charge in [0.1, 0.15) is 11.6 Å². The van der Waals surface area contributed by atoms with Gasteiger partial charge in [0.25, 0.3) is 0 Å². The summed E-state index contributed by atoms with van der Waals surface area (Å²) in [4.78, 5) is 13.5. The number of hydrogen-bond acceptors (Lipinski definition) is 3. The Balaban J connectivity index is 1.71. The number of ether oxygens (including phenoxy) is 1. The second-order valence-electron chi connectivity index (χ2n) is 10.2. The number of nitrogens with one attached hydrogen (secondary N) is 1. The van der Waals surface area contributed by atoms with Gasteiger partial charge < -0.3 is 4.74 Å². The van der Waals surface area contributed by atoms with Crippen molar-refractivity contribution in [2.75, 3.05) is 0 Å². The van der Waals surface area contributed by atoms with E-state index in [2.05, 4.69) is 54.7 Å². The standard InChI is InChI=1S/C30H35NO2/c1-29(2,3)33-28(32)27(21-22-18-19-23-12-11-13-24(23)20-22)31-30(4,25-14-7-5-8-15-25)26-16-9-6-10-17-26/h5-10,14-20,27,31H,11-13,21H2,1-4H3/t27-/m0/s1. The number of hydrogen-bond donors (Lipinski definition) is 1. The van der Waals surface area contributed by atoms with Crippen LogP contribution in [0.3, 0.4) is 0 Å². The van der Waals surface area contributed by atoms with Gasteiger partial charge in [-0.05, 0) is 81.2 Å². The molecule has 3 aromatic carbocycles. The van der Waals surface area contributed by atoms with Crippen molar-refractivity contribution < 1.29 is 9.53 Å². The summed E-state index contributed by atoms with van der Waals surface area (Å²) in [6, 6.07) is 26.9. The summed E-state index contributed by atoms with van der Waals surface area (Å²) in [5.41, 5.74) is 5.15. The molecule has 4 rings (SSSR count). The Labute approximate surface area is 198 Å². The van der Waals surface area contributed by atoms with Crippen LogP contribution in [-0.2, 0) is 34.3 Å². The molecule has 0 bridgehead atoms. The summed E-state index contributed by atoms with van der Waals surface area (Å²) in [5, 5.41) is 3.73. The van der Waals surface area contributed by atoms with Gasteiger partial charge in [-0.2, -0.15) is 0 Å². The Morgan fingerprint density at radius 1 is 0.848 bits per heavy atom. The van der Waals surface area contributed by atoms with Crippen molar-refractivity contribution in [3.05, 3.63) is 107 Å². The van der Waals surface area contributed by atoms with Crippen LogP contribution in [0.15, 0.2) is 78.9 Å². The fourth-order valence-corrected chi connectivity index (χ4v) is 4.78. The smallest absolute Gasteiger partial charge is 0.324 e. The summed E-state index contributed by atoms with van der Waals surface area (Å²) in [7, 11) is 0. The number of fused-ring (bicyclic) bond motifs is 1. The molecule has 0 radical (unpaired) electrons. The first-order chi connectivity index (χ1) is 15.7. The highest BCUT2D eigenvalue weighted by molar-refractivity contribution is 5.77. The predicted octanol–water partition coefficient (Wildman–Crippen LogP) is 5.98. The molecule has 1 atom stereocenters. The van der Waals surface area contributed by atoms with Crippen LogP contribution in [0.5, 0.6) is 0 Å². The van der Waals surface area contributed by atoms with Crippen LogP contribution in [0.1, 0.15) is 61.9 Å². The van der Waals surface area contributed by atoms with Crippen molar-refractivity contribution in [3.63, 3.8) is 0 Å². The van der Waals surface area contributed by atoms with E-state index in [4.69, 9.17) is 4.74 Å². The van der Waals surface area contributed by atoms with E-state index in [0.29, 0.717) is 6.42 Å². The third-order valence-corrected chi connectivity index (χ3v) is 6.46. The fraction of sp³-hybridized carbons (Fsp3) is 0.367. The summed E-state index contributed by atoms with van der Waals surface area (Å²) >= 11 is 0. The largest absolute Gasteiger partial charge is 0.459 e. The highest BCUT2D eigenvalue weighted by atomic mass is 16.6. The molecule has 33 heavy (non-hydrogen) atoms. The van der Waals surface area contributed by atoms with Gasteiger partial charge in [-0.25, -0.2) is 0 Å². The molecule has 0 amide bonds. The average Bonchev–Trinajstić information content (AvgIpc) is 3.26. The number of benzene rings is 3. The van der Waals surface area contributed by atoms with Gasteiger partial charge in [0.15, 0.2) is 0 Å². The first-order valence-corrected chi connectivity index (χ1v) is 12.0. The van der Waals surface area contributed by atoms with Crippen LogP contribution in [0.4, 0.5) is 0 Å². The maximum atomic E-state index is 13.5. The van der Waals surface area contributed by atoms with Gasteiger partial charge in [0.05, 0.1) is 5.54 Å². The molecule has 0 heterocycles. The number of carbonyl (C=O) groups excluding carboxylic acids is 1. The third-order valence-electron chi connectivity index (χ3n) is 6.46. The molecule has 0 aromatic heterocycles. The molecule has 0 unspecified atom stereocenters. The highest BCUT2D eigenvalue weighted by Crippen LogP contribution is 2.31. The predicted molar refractivity (Wildman–Crippen MR) is 134 cm³/mol. The Morgan fingerprint density at radius 3 is 2.00 bits per heavy atom. The van der Waals surface area contributed by atoms with Crippen LogP contribution in [-0.4, -0.2) is 17.6 Å². The van der Waals surface area contributed by atoms with Gasteiger partial charge in [-0.15, -0.1) is 0 Å². The van der Waals surface area contributed by atoms with E-state index >= 15 is 0 Å². The maximum Gasteiger partial charge on any atom is 0.324 e. The van der Waals surface area contributed by atoms with Gasteiger partial charge in [0.2, 0.25) is 0 Å². The summed E-state index contributed by atoms with van der Waals surface area (Å²) in [5.74, 6) is -0.221. The van der Waals surface area contributed by atoms with Crippen LogP contribution in [0.25, 0.3) is 0 Å². The molecule has 0 aliphatic heterocycles. The van der Waals surface area contributed by atoms with E-state index in [0.717, 1.165) is 24.0 Å². The number of carbonyl (C=O) groups is 1.